The van der Waals surface area contributed by atoms with Crippen LogP contribution in [0.2, 0.25) is 5.02 Å². The number of benzene rings is 2. The highest BCUT2D eigenvalue weighted by Crippen LogP contribution is 2.21. The Hall–Kier alpha value is -2.58. The quantitative estimate of drug-likeness (QED) is 0.552. The standard InChI is InChI=1S/C25H34ClN3O4S/c1-7-22(24(31)27-25(3,4)5)28(16-19-10-12-20(26)13-11-19)23(30)17-29(34(6,32)33)21-14-8-18(2)9-15-21/h8-15,22H,7,16-17H2,1-6H3,(H,27,31)/t22-/m0/s1. The van der Waals surface area contributed by atoms with Gasteiger partial charge in [0.05, 0.1) is 11.9 Å². The molecule has 2 amide bonds. The number of nitrogens with zero attached hydrogens (tertiary/aromatic N) is 2. The van der Waals surface area contributed by atoms with Gasteiger partial charge >= 0.3 is 0 Å². The summed E-state index contributed by atoms with van der Waals surface area (Å²) in [7, 11) is -3.75. The van der Waals surface area contributed by atoms with Crippen LogP contribution in [0.25, 0.3) is 0 Å². The molecular weight excluding hydrogens is 474 g/mol. The zero-order valence-electron chi connectivity index (χ0n) is 20.6. The summed E-state index contributed by atoms with van der Waals surface area (Å²) in [5, 5.41) is 3.49. The molecule has 34 heavy (non-hydrogen) atoms. The second-order valence-electron chi connectivity index (χ2n) is 9.42. The fourth-order valence-electron chi connectivity index (χ4n) is 3.48. The average Bonchev–Trinajstić information content (AvgIpc) is 2.72. The van der Waals surface area contributed by atoms with Crippen LogP contribution in [0.5, 0.6) is 0 Å². The normalized spacial score (nSPS) is 12.7. The lowest BCUT2D eigenvalue weighted by molar-refractivity contribution is -0.141. The molecular formula is C25H34ClN3O4S. The van der Waals surface area contributed by atoms with Gasteiger partial charge < -0.3 is 10.2 Å². The van der Waals surface area contributed by atoms with Crippen molar-refractivity contribution in [2.24, 2.45) is 0 Å². The third kappa shape index (κ3) is 8.02. The molecule has 0 fully saturated rings. The first-order valence-corrected chi connectivity index (χ1v) is 13.3. The van der Waals surface area contributed by atoms with E-state index in [1.165, 1.54) is 4.90 Å². The van der Waals surface area contributed by atoms with Crippen molar-refractivity contribution in [3.8, 4) is 0 Å². The second kappa shape index (κ2) is 11.2. The summed E-state index contributed by atoms with van der Waals surface area (Å²) >= 11 is 6.00. The molecule has 0 aliphatic heterocycles. The predicted molar refractivity (Wildman–Crippen MR) is 137 cm³/mol. The fraction of sp³-hybridized carbons (Fsp3) is 0.440. The van der Waals surface area contributed by atoms with E-state index in [9.17, 15) is 18.0 Å². The third-order valence-electron chi connectivity index (χ3n) is 5.15. The largest absolute Gasteiger partial charge is 0.350 e. The van der Waals surface area contributed by atoms with Gasteiger partial charge in [0.25, 0.3) is 0 Å². The van der Waals surface area contributed by atoms with Gasteiger partial charge in [-0.3, -0.25) is 13.9 Å². The van der Waals surface area contributed by atoms with Crippen LogP contribution in [0.3, 0.4) is 0 Å². The molecule has 186 valence electrons. The molecule has 0 aromatic heterocycles. The predicted octanol–water partition coefficient (Wildman–Crippen LogP) is 4.14. The van der Waals surface area contributed by atoms with Gasteiger partial charge in [-0.15, -0.1) is 0 Å². The molecule has 0 aliphatic rings. The molecule has 0 saturated heterocycles. The molecule has 0 aliphatic carbocycles. The summed E-state index contributed by atoms with van der Waals surface area (Å²) in [4.78, 5) is 28.1. The lowest BCUT2D eigenvalue weighted by Gasteiger charge is -2.34. The van der Waals surface area contributed by atoms with Gasteiger partial charge in [-0.1, -0.05) is 48.4 Å². The molecule has 0 saturated carbocycles. The Balaban J connectivity index is 2.43. The van der Waals surface area contributed by atoms with Crippen LogP contribution < -0.4 is 9.62 Å². The Morgan fingerprint density at radius 3 is 2.06 bits per heavy atom. The number of anilines is 1. The molecule has 0 spiro atoms. The van der Waals surface area contributed by atoms with Crippen molar-refractivity contribution in [2.75, 3.05) is 17.1 Å². The molecule has 2 aromatic rings. The lowest BCUT2D eigenvalue weighted by atomic mass is 10.1. The number of amides is 2. The maximum atomic E-state index is 13.6. The van der Waals surface area contributed by atoms with Crippen molar-refractivity contribution < 1.29 is 18.0 Å². The van der Waals surface area contributed by atoms with Gasteiger partial charge in [-0.05, 0) is 63.9 Å². The summed E-state index contributed by atoms with van der Waals surface area (Å²) < 4.78 is 26.3. The molecule has 1 atom stereocenters. The molecule has 0 unspecified atom stereocenters. The number of nitrogens with one attached hydrogen (secondary N) is 1. The first-order chi connectivity index (χ1) is 15.7. The lowest BCUT2D eigenvalue weighted by Crippen LogP contribution is -2.55. The summed E-state index contributed by atoms with van der Waals surface area (Å²) in [5.74, 6) is -0.768. The number of halogens is 1. The third-order valence-corrected chi connectivity index (χ3v) is 6.54. The maximum absolute atomic E-state index is 13.6. The summed E-state index contributed by atoms with van der Waals surface area (Å²) in [6, 6.07) is 13.1. The highest BCUT2D eigenvalue weighted by molar-refractivity contribution is 7.92. The first-order valence-electron chi connectivity index (χ1n) is 11.1. The monoisotopic (exact) mass is 507 g/mol. The fourth-order valence-corrected chi connectivity index (χ4v) is 4.46. The number of hydrogen-bond donors (Lipinski definition) is 1. The van der Waals surface area contributed by atoms with Crippen LogP contribution in [-0.2, 0) is 26.2 Å². The average molecular weight is 508 g/mol. The topological polar surface area (TPSA) is 86.8 Å². The van der Waals surface area contributed by atoms with Gasteiger partial charge in [-0.25, -0.2) is 8.42 Å². The van der Waals surface area contributed by atoms with Crippen LogP contribution in [-0.4, -0.2) is 49.5 Å². The molecule has 2 aromatic carbocycles. The smallest absolute Gasteiger partial charge is 0.244 e. The molecule has 2 rings (SSSR count). The zero-order valence-corrected chi connectivity index (χ0v) is 22.2. The van der Waals surface area contributed by atoms with E-state index in [4.69, 9.17) is 11.6 Å². The van der Waals surface area contributed by atoms with Crippen LogP contribution in [0, 0.1) is 6.92 Å². The van der Waals surface area contributed by atoms with Crippen molar-refractivity contribution >= 4 is 39.1 Å². The van der Waals surface area contributed by atoms with Gasteiger partial charge in [0.2, 0.25) is 21.8 Å². The van der Waals surface area contributed by atoms with E-state index in [-0.39, 0.29) is 12.5 Å². The van der Waals surface area contributed by atoms with Crippen molar-refractivity contribution in [1.82, 2.24) is 10.2 Å². The van der Waals surface area contributed by atoms with Crippen LogP contribution >= 0.6 is 11.6 Å². The molecule has 7 nitrogen and oxygen atoms in total. The van der Waals surface area contributed by atoms with E-state index < -0.39 is 34.1 Å². The maximum Gasteiger partial charge on any atom is 0.244 e. The summed E-state index contributed by atoms with van der Waals surface area (Å²) in [5.41, 5.74) is 1.65. The van der Waals surface area contributed by atoms with Crippen LogP contribution in [0.1, 0.15) is 45.2 Å². The minimum Gasteiger partial charge on any atom is -0.350 e. The molecule has 0 heterocycles. The number of carbonyl (C=O) groups excluding carboxylic acids is 2. The highest BCUT2D eigenvalue weighted by Gasteiger charge is 2.33. The Labute approximate surface area is 208 Å². The van der Waals surface area contributed by atoms with E-state index in [1.807, 2.05) is 34.6 Å². The highest BCUT2D eigenvalue weighted by atomic mass is 35.5. The minimum absolute atomic E-state index is 0.136. The molecule has 1 N–H and O–H groups in total. The SMILES string of the molecule is CC[C@@H](C(=O)NC(C)(C)C)N(Cc1ccc(Cl)cc1)C(=O)CN(c1ccc(C)cc1)S(C)(=O)=O. The van der Waals surface area contributed by atoms with Gasteiger partial charge in [0, 0.05) is 17.1 Å². The Morgan fingerprint density at radius 2 is 1.59 bits per heavy atom. The second-order valence-corrected chi connectivity index (χ2v) is 11.8. The zero-order chi connectivity index (χ0) is 25.7. The van der Waals surface area contributed by atoms with Crippen molar-refractivity contribution in [3.63, 3.8) is 0 Å². The molecule has 0 bridgehead atoms. The number of rotatable bonds is 9. The Kier molecular flexibility index (Phi) is 9.14. The van der Waals surface area contributed by atoms with Gasteiger partial charge in [-0.2, -0.15) is 0 Å². The van der Waals surface area contributed by atoms with Gasteiger partial charge in [0.15, 0.2) is 0 Å². The number of hydrogen-bond acceptors (Lipinski definition) is 4. The number of sulfonamides is 1. The van der Waals surface area contributed by atoms with E-state index in [0.717, 1.165) is 21.7 Å². The Morgan fingerprint density at radius 1 is 1.03 bits per heavy atom. The molecule has 9 heteroatoms. The van der Waals surface area contributed by atoms with E-state index in [1.54, 1.807) is 48.5 Å². The van der Waals surface area contributed by atoms with Crippen molar-refractivity contribution in [3.05, 3.63) is 64.7 Å². The van der Waals surface area contributed by atoms with Gasteiger partial charge in [0.1, 0.15) is 12.6 Å². The van der Waals surface area contributed by atoms with Crippen molar-refractivity contribution in [1.29, 1.82) is 0 Å². The van der Waals surface area contributed by atoms with Crippen molar-refractivity contribution in [2.45, 2.75) is 59.2 Å². The number of carbonyl (C=O) groups is 2. The summed E-state index contributed by atoms with van der Waals surface area (Å²) in [6.45, 7) is 9.03. The number of aryl methyl sites for hydroxylation is 1. The van der Waals surface area contributed by atoms with E-state index in [2.05, 4.69) is 5.32 Å². The van der Waals surface area contributed by atoms with E-state index >= 15 is 0 Å². The van der Waals surface area contributed by atoms with Crippen LogP contribution in [0.15, 0.2) is 48.5 Å². The summed E-state index contributed by atoms with van der Waals surface area (Å²) in [6.07, 6.45) is 1.43. The molecule has 0 radical (unpaired) electrons. The minimum atomic E-state index is -3.75. The van der Waals surface area contributed by atoms with Crippen LogP contribution in [0.4, 0.5) is 5.69 Å². The van der Waals surface area contributed by atoms with E-state index in [0.29, 0.717) is 17.1 Å². The Bertz CT molecular complexity index is 1090. The first kappa shape index (κ1) is 27.7.